The van der Waals surface area contributed by atoms with Crippen LogP contribution in [0.15, 0.2) is 0 Å². The Morgan fingerprint density at radius 1 is 1.57 bits per heavy atom. The van der Waals surface area contributed by atoms with Crippen molar-refractivity contribution in [2.45, 2.75) is 45.5 Å². The molecule has 1 aliphatic rings. The van der Waals surface area contributed by atoms with Gasteiger partial charge in [-0.15, -0.1) is 0 Å². The molecule has 1 heterocycles. The van der Waals surface area contributed by atoms with Crippen molar-refractivity contribution in [3.05, 3.63) is 0 Å². The van der Waals surface area contributed by atoms with Gasteiger partial charge in [0.2, 0.25) is 0 Å². The highest BCUT2D eigenvalue weighted by molar-refractivity contribution is 5.74. The van der Waals surface area contributed by atoms with E-state index in [1.807, 2.05) is 6.92 Å². The summed E-state index contributed by atoms with van der Waals surface area (Å²) in [5.41, 5.74) is 0. The minimum Gasteiger partial charge on any atom is -0.464 e. The maximum Gasteiger partial charge on any atom is 0.335 e. The molecule has 1 aliphatic heterocycles. The second kappa shape index (κ2) is 4.75. The van der Waals surface area contributed by atoms with Crippen molar-refractivity contribution in [3.63, 3.8) is 0 Å². The summed E-state index contributed by atoms with van der Waals surface area (Å²) in [5.74, 6) is -0.947. The Morgan fingerprint density at radius 3 is 2.86 bits per heavy atom. The van der Waals surface area contributed by atoms with Crippen LogP contribution >= 0.6 is 0 Å². The van der Waals surface area contributed by atoms with E-state index < -0.39 is 11.9 Å². The Kier molecular flexibility index (Phi) is 3.89. The molecule has 0 N–H and O–H groups in total. The lowest BCUT2D eigenvalue weighted by Gasteiger charge is -2.34. The van der Waals surface area contributed by atoms with Crippen molar-refractivity contribution in [3.8, 4) is 0 Å². The van der Waals surface area contributed by atoms with Crippen LogP contribution in [-0.2, 0) is 19.0 Å². The first-order valence-corrected chi connectivity index (χ1v) is 5.03. The molecule has 0 aromatic heterocycles. The van der Waals surface area contributed by atoms with Crippen LogP contribution in [0.5, 0.6) is 0 Å². The molecular weight excluding hydrogens is 184 g/mol. The molecule has 0 bridgehead atoms. The summed E-state index contributed by atoms with van der Waals surface area (Å²) in [4.78, 5) is 11.4. The SMILES string of the molecule is CCCOC(=O)C1CCOC(C)(C)O1. The molecule has 1 atom stereocenters. The zero-order valence-corrected chi connectivity index (χ0v) is 9.04. The first-order valence-electron chi connectivity index (χ1n) is 5.03. The second-order valence-electron chi connectivity index (χ2n) is 3.81. The fraction of sp³-hybridized carbons (Fsp3) is 0.900. The molecule has 1 rings (SSSR count). The molecule has 82 valence electrons. The highest BCUT2D eigenvalue weighted by atomic mass is 16.7. The van der Waals surface area contributed by atoms with Gasteiger partial charge in [-0.05, 0) is 20.3 Å². The van der Waals surface area contributed by atoms with E-state index >= 15 is 0 Å². The van der Waals surface area contributed by atoms with E-state index in [0.29, 0.717) is 19.6 Å². The molecule has 1 saturated heterocycles. The zero-order valence-electron chi connectivity index (χ0n) is 9.04. The minimum atomic E-state index is -0.672. The third kappa shape index (κ3) is 3.27. The van der Waals surface area contributed by atoms with E-state index in [2.05, 4.69) is 0 Å². The van der Waals surface area contributed by atoms with E-state index in [1.165, 1.54) is 0 Å². The average molecular weight is 202 g/mol. The van der Waals surface area contributed by atoms with Crippen LogP contribution in [0, 0.1) is 0 Å². The van der Waals surface area contributed by atoms with E-state index in [1.54, 1.807) is 13.8 Å². The maximum absolute atomic E-state index is 11.4. The Hall–Kier alpha value is -0.610. The van der Waals surface area contributed by atoms with E-state index in [-0.39, 0.29) is 5.97 Å². The molecular formula is C10H18O4. The van der Waals surface area contributed by atoms with E-state index in [0.717, 1.165) is 6.42 Å². The maximum atomic E-state index is 11.4. The number of esters is 1. The van der Waals surface area contributed by atoms with Crippen LogP contribution in [0.2, 0.25) is 0 Å². The molecule has 0 radical (unpaired) electrons. The fourth-order valence-corrected chi connectivity index (χ4v) is 1.31. The molecule has 0 saturated carbocycles. The Labute approximate surface area is 84.5 Å². The normalized spacial score (nSPS) is 25.8. The Bertz CT molecular complexity index is 200. The molecule has 14 heavy (non-hydrogen) atoms. The molecule has 0 amide bonds. The third-order valence-corrected chi connectivity index (χ3v) is 1.97. The molecule has 4 nitrogen and oxygen atoms in total. The van der Waals surface area contributed by atoms with Crippen LogP contribution in [0.4, 0.5) is 0 Å². The smallest absolute Gasteiger partial charge is 0.335 e. The molecule has 0 aromatic carbocycles. The van der Waals surface area contributed by atoms with Gasteiger partial charge in [-0.2, -0.15) is 0 Å². The Balaban J connectivity index is 2.40. The molecule has 4 heteroatoms. The summed E-state index contributed by atoms with van der Waals surface area (Å²) >= 11 is 0. The lowest BCUT2D eigenvalue weighted by Crippen LogP contribution is -2.43. The van der Waals surface area contributed by atoms with E-state index in [4.69, 9.17) is 14.2 Å². The van der Waals surface area contributed by atoms with Gasteiger partial charge in [-0.25, -0.2) is 4.79 Å². The number of hydrogen-bond donors (Lipinski definition) is 0. The number of carbonyl (C=O) groups is 1. The number of rotatable bonds is 3. The largest absolute Gasteiger partial charge is 0.464 e. The van der Waals surface area contributed by atoms with Crippen molar-refractivity contribution < 1.29 is 19.0 Å². The van der Waals surface area contributed by atoms with Crippen LogP contribution in [-0.4, -0.2) is 31.1 Å². The van der Waals surface area contributed by atoms with Gasteiger partial charge in [0.15, 0.2) is 11.9 Å². The van der Waals surface area contributed by atoms with Crippen molar-refractivity contribution in [1.82, 2.24) is 0 Å². The van der Waals surface area contributed by atoms with Crippen molar-refractivity contribution in [2.75, 3.05) is 13.2 Å². The number of hydrogen-bond acceptors (Lipinski definition) is 4. The highest BCUT2D eigenvalue weighted by Gasteiger charge is 2.34. The van der Waals surface area contributed by atoms with Gasteiger partial charge in [0.25, 0.3) is 0 Å². The summed E-state index contributed by atoms with van der Waals surface area (Å²) in [7, 11) is 0. The molecule has 0 spiro atoms. The molecule has 0 aromatic rings. The summed E-state index contributed by atoms with van der Waals surface area (Å²) in [6, 6.07) is 0. The lowest BCUT2D eigenvalue weighted by molar-refractivity contribution is -0.273. The fourth-order valence-electron chi connectivity index (χ4n) is 1.31. The average Bonchev–Trinajstić information content (AvgIpc) is 2.12. The van der Waals surface area contributed by atoms with Crippen LogP contribution in [0.1, 0.15) is 33.6 Å². The number of carbonyl (C=O) groups excluding carboxylic acids is 1. The number of ether oxygens (including phenoxy) is 3. The Morgan fingerprint density at radius 2 is 2.29 bits per heavy atom. The molecule has 1 fully saturated rings. The van der Waals surface area contributed by atoms with Gasteiger partial charge >= 0.3 is 5.97 Å². The molecule has 1 unspecified atom stereocenters. The summed E-state index contributed by atoms with van der Waals surface area (Å²) in [6.07, 6.45) is 0.940. The minimum absolute atomic E-state index is 0.275. The first-order chi connectivity index (χ1) is 6.55. The third-order valence-electron chi connectivity index (χ3n) is 1.97. The topological polar surface area (TPSA) is 44.8 Å². The van der Waals surface area contributed by atoms with Crippen LogP contribution < -0.4 is 0 Å². The monoisotopic (exact) mass is 202 g/mol. The van der Waals surface area contributed by atoms with Crippen molar-refractivity contribution in [1.29, 1.82) is 0 Å². The summed E-state index contributed by atoms with van der Waals surface area (Å²) in [5, 5.41) is 0. The van der Waals surface area contributed by atoms with Gasteiger partial charge in [-0.3, -0.25) is 0 Å². The van der Waals surface area contributed by atoms with Crippen LogP contribution in [0.25, 0.3) is 0 Å². The predicted octanol–water partition coefficient (Wildman–Crippen LogP) is 1.48. The van der Waals surface area contributed by atoms with E-state index in [9.17, 15) is 4.79 Å². The van der Waals surface area contributed by atoms with Gasteiger partial charge in [0.1, 0.15) is 0 Å². The van der Waals surface area contributed by atoms with Gasteiger partial charge in [-0.1, -0.05) is 6.92 Å². The summed E-state index contributed by atoms with van der Waals surface area (Å²) < 4.78 is 15.8. The first kappa shape index (κ1) is 11.5. The van der Waals surface area contributed by atoms with Crippen molar-refractivity contribution in [2.24, 2.45) is 0 Å². The lowest BCUT2D eigenvalue weighted by atomic mass is 10.2. The highest BCUT2D eigenvalue weighted by Crippen LogP contribution is 2.22. The summed E-state index contributed by atoms with van der Waals surface area (Å²) in [6.45, 7) is 6.56. The zero-order chi connectivity index (χ0) is 10.6. The van der Waals surface area contributed by atoms with Gasteiger partial charge in [0, 0.05) is 6.42 Å². The van der Waals surface area contributed by atoms with Gasteiger partial charge in [0.05, 0.1) is 13.2 Å². The quantitative estimate of drug-likeness (QED) is 0.650. The van der Waals surface area contributed by atoms with Crippen LogP contribution in [0.3, 0.4) is 0 Å². The van der Waals surface area contributed by atoms with Gasteiger partial charge < -0.3 is 14.2 Å². The standard InChI is InChI=1S/C10H18O4/c1-4-6-12-9(11)8-5-7-13-10(2,3)14-8/h8H,4-7H2,1-3H3. The predicted molar refractivity (Wildman–Crippen MR) is 50.8 cm³/mol. The van der Waals surface area contributed by atoms with Crippen molar-refractivity contribution >= 4 is 5.97 Å². The molecule has 0 aliphatic carbocycles. The second-order valence-corrected chi connectivity index (χ2v) is 3.81.